The van der Waals surface area contributed by atoms with E-state index in [0.717, 1.165) is 44.9 Å². The van der Waals surface area contributed by atoms with E-state index in [4.69, 9.17) is 4.74 Å². The zero-order valence-corrected chi connectivity index (χ0v) is 16.4. The summed E-state index contributed by atoms with van der Waals surface area (Å²) in [6.45, 7) is 2.20. The monoisotopic (exact) mass is 370 g/mol. The van der Waals surface area contributed by atoms with Crippen molar-refractivity contribution in [1.29, 1.82) is 0 Å². The Hall–Kier alpha value is -1.84. The van der Waals surface area contributed by atoms with Gasteiger partial charge < -0.3 is 9.84 Å². The molecule has 0 heterocycles. The van der Waals surface area contributed by atoms with Crippen molar-refractivity contribution in [3.05, 3.63) is 29.3 Å². The summed E-state index contributed by atoms with van der Waals surface area (Å²) in [6, 6.07) is 5.84. The Balaban J connectivity index is 1.51. The second kappa shape index (κ2) is 6.96. The Morgan fingerprint density at radius 1 is 1.33 bits per heavy atom. The molecule has 146 valence electrons. The topological polar surface area (TPSA) is 63.6 Å². The van der Waals surface area contributed by atoms with Gasteiger partial charge in [0.15, 0.2) is 0 Å². The van der Waals surface area contributed by atoms with Crippen LogP contribution in [-0.4, -0.2) is 24.0 Å². The van der Waals surface area contributed by atoms with Crippen molar-refractivity contribution >= 4 is 11.8 Å². The van der Waals surface area contributed by atoms with E-state index in [1.54, 1.807) is 0 Å². The summed E-state index contributed by atoms with van der Waals surface area (Å²) in [5.41, 5.74) is 2.50. The molecular weight excluding hydrogens is 340 g/mol. The third-order valence-corrected chi connectivity index (χ3v) is 7.73. The highest BCUT2D eigenvalue weighted by molar-refractivity contribution is 5.89. The molecule has 0 radical (unpaired) electrons. The number of aromatic hydroxyl groups is 1. The van der Waals surface area contributed by atoms with Gasteiger partial charge in [0, 0.05) is 17.8 Å². The minimum absolute atomic E-state index is 0.102. The van der Waals surface area contributed by atoms with Gasteiger partial charge in [0.05, 0.1) is 7.11 Å². The Bertz CT molecular complexity index is 755. The number of methoxy groups -OCH3 is 1. The highest BCUT2D eigenvalue weighted by atomic mass is 16.5. The molecule has 27 heavy (non-hydrogen) atoms. The number of ketones is 1. The van der Waals surface area contributed by atoms with Crippen molar-refractivity contribution < 1.29 is 19.4 Å². The molecular formula is C23H30O4. The molecule has 4 rings (SSSR count). The van der Waals surface area contributed by atoms with Crippen molar-refractivity contribution in [1.82, 2.24) is 0 Å². The molecule has 0 saturated heterocycles. The highest BCUT2D eigenvalue weighted by Gasteiger charge is 2.57. The van der Waals surface area contributed by atoms with Crippen LogP contribution >= 0.6 is 0 Å². The number of carbonyl (C=O) groups excluding carboxylic acids is 2. The van der Waals surface area contributed by atoms with Crippen LogP contribution in [-0.2, 0) is 20.7 Å². The summed E-state index contributed by atoms with van der Waals surface area (Å²) in [7, 11) is 1.42. The number of Topliss-reactive ketones (excluding diaryl/α,β-unsaturated/α-hetero) is 1. The molecule has 1 aromatic carbocycles. The number of ether oxygens (including phenoxy) is 1. The molecule has 0 amide bonds. The van der Waals surface area contributed by atoms with E-state index < -0.39 is 0 Å². The smallest absolute Gasteiger partial charge is 0.305 e. The predicted molar refractivity (Wildman–Crippen MR) is 102 cm³/mol. The van der Waals surface area contributed by atoms with Crippen molar-refractivity contribution in [2.45, 2.75) is 64.2 Å². The molecule has 1 N–H and O–H groups in total. The van der Waals surface area contributed by atoms with Crippen molar-refractivity contribution in [2.24, 2.45) is 23.2 Å². The second-order valence-electron chi connectivity index (χ2n) is 9.02. The molecule has 1 unspecified atom stereocenters. The maximum atomic E-state index is 13.2. The Kier molecular flexibility index (Phi) is 4.77. The fourth-order valence-electron chi connectivity index (χ4n) is 6.35. The van der Waals surface area contributed by atoms with Crippen molar-refractivity contribution in [2.75, 3.05) is 7.11 Å². The minimum atomic E-state index is -0.189. The molecule has 3 aliphatic carbocycles. The first-order chi connectivity index (χ1) is 12.9. The molecule has 0 aliphatic heterocycles. The molecule has 0 bridgehead atoms. The molecule has 0 aromatic heterocycles. The largest absolute Gasteiger partial charge is 0.508 e. The number of rotatable bonds is 4. The Morgan fingerprint density at radius 2 is 2.15 bits per heavy atom. The average molecular weight is 370 g/mol. The van der Waals surface area contributed by atoms with E-state index in [1.807, 2.05) is 12.1 Å². The van der Waals surface area contributed by atoms with Gasteiger partial charge >= 0.3 is 5.97 Å². The normalized spacial score (nSPS) is 34.5. The fourth-order valence-corrected chi connectivity index (χ4v) is 6.35. The number of hydrogen-bond acceptors (Lipinski definition) is 4. The van der Waals surface area contributed by atoms with Crippen LogP contribution in [0.3, 0.4) is 0 Å². The van der Waals surface area contributed by atoms with Crippen LogP contribution in [0, 0.1) is 23.2 Å². The van der Waals surface area contributed by atoms with Gasteiger partial charge in [-0.2, -0.15) is 0 Å². The van der Waals surface area contributed by atoms with Gasteiger partial charge in [-0.15, -0.1) is 0 Å². The van der Waals surface area contributed by atoms with Crippen LogP contribution in [0.25, 0.3) is 0 Å². The first-order valence-corrected chi connectivity index (χ1v) is 10.4. The van der Waals surface area contributed by atoms with Gasteiger partial charge in [0.25, 0.3) is 0 Å². The number of carbonyl (C=O) groups is 2. The highest BCUT2D eigenvalue weighted by Crippen LogP contribution is 2.61. The molecule has 1 aromatic rings. The number of aryl methyl sites for hydroxylation is 1. The maximum Gasteiger partial charge on any atom is 0.305 e. The van der Waals surface area contributed by atoms with Crippen LogP contribution in [0.15, 0.2) is 18.2 Å². The van der Waals surface area contributed by atoms with Crippen LogP contribution < -0.4 is 0 Å². The van der Waals surface area contributed by atoms with Gasteiger partial charge in [-0.25, -0.2) is 0 Å². The molecule has 2 fully saturated rings. The molecule has 2 saturated carbocycles. The number of fused-ring (bicyclic) bond motifs is 5. The summed E-state index contributed by atoms with van der Waals surface area (Å²) < 4.78 is 4.73. The molecule has 0 spiro atoms. The summed E-state index contributed by atoms with van der Waals surface area (Å²) in [5.74, 6) is 2.25. The van der Waals surface area contributed by atoms with E-state index >= 15 is 0 Å². The lowest BCUT2D eigenvalue weighted by Gasteiger charge is -2.48. The number of hydrogen-bond donors (Lipinski definition) is 1. The van der Waals surface area contributed by atoms with E-state index in [-0.39, 0.29) is 17.3 Å². The predicted octanol–water partition coefficient (Wildman–Crippen LogP) is 4.39. The van der Waals surface area contributed by atoms with E-state index in [0.29, 0.717) is 35.7 Å². The minimum Gasteiger partial charge on any atom is -0.508 e. The van der Waals surface area contributed by atoms with E-state index in [2.05, 4.69) is 13.0 Å². The molecule has 3 aliphatic rings. The van der Waals surface area contributed by atoms with Gasteiger partial charge in [0.1, 0.15) is 11.5 Å². The average Bonchev–Trinajstić information content (AvgIpc) is 2.92. The van der Waals surface area contributed by atoms with Gasteiger partial charge in [0.2, 0.25) is 0 Å². The molecule has 5 atom stereocenters. The van der Waals surface area contributed by atoms with Gasteiger partial charge in [-0.05, 0) is 86.0 Å². The lowest BCUT2D eigenvalue weighted by molar-refractivity contribution is -0.141. The summed E-state index contributed by atoms with van der Waals surface area (Å²) in [4.78, 5) is 24.6. The Morgan fingerprint density at radius 3 is 2.93 bits per heavy atom. The van der Waals surface area contributed by atoms with E-state index in [9.17, 15) is 14.7 Å². The van der Waals surface area contributed by atoms with Crippen molar-refractivity contribution in [3.8, 4) is 5.75 Å². The maximum absolute atomic E-state index is 13.2. The Labute approximate surface area is 161 Å². The third kappa shape index (κ3) is 3.07. The SMILES string of the molecule is COC(=O)CCCC1C[C@H]2[C@@H]3CCc4cc(O)ccc4[C@H]3CC[C@]2(C)C1=O. The lowest BCUT2D eigenvalue weighted by atomic mass is 9.55. The van der Waals surface area contributed by atoms with E-state index in [1.165, 1.54) is 18.2 Å². The first-order valence-electron chi connectivity index (χ1n) is 10.4. The zero-order valence-electron chi connectivity index (χ0n) is 16.4. The summed E-state index contributed by atoms with van der Waals surface area (Å²) in [6.07, 6.45) is 7.07. The van der Waals surface area contributed by atoms with Crippen LogP contribution in [0.4, 0.5) is 0 Å². The first kappa shape index (κ1) is 18.5. The molecule has 4 heteroatoms. The number of esters is 1. The van der Waals surface area contributed by atoms with Gasteiger partial charge in [-0.1, -0.05) is 13.0 Å². The number of phenolic OH excluding ortho intramolecular Hbond substituents is 1. The number of benzene rings is 1. The van der Waals surface area contributed by atoms with Crippen LogP contribution in [0.1, 0.15) is 68.9 Å². The van der Waals surface area contributed by atoms with Crippen LogP contribution in [0.5, 0.6) is 5.75 Å². The fraction of sp³-hybridized carbons (Fsp3) is 0.652. The standard InChI is InChI=1S/C23H30O4/c1-23-11-10-18-17-9-7-16(24)12-14(17)6-8-19(18)20(23)13-15(22(23)26)4-3-5-21(25)27-2/h7,9,12,15,18-20,24H,3-6,8,10-11,13H2,1-2H3/t15?,18-,19-,20+,23+/m1/s1. The van der Waals surface area contributed by atoms with Crippen molar-refractivity contribution in [3.63, 3.8) is 0 Å². The quantitative estimate of drug-likeness (QED) is 0.799. The second-order valence-corrected chi connectivity index (χ2v) is 9.02. The molecule has 4 nitrogen and oxygen atoms in total. The summed E-state index contributed by atoms with van der Waals surface area (Å²) in [5, 5.41) is 9.81. The van der Waals surface area contributed by atoms with Gasteiger partial charge in [-0.3, -0.25) is 9.59 Å². The van der Waals surface area contributed by atoms with Crippen LogP contribution in [0.2, 0.25) is 0 Å². The zero-order chi connectivity index (χ0) is 19.2. The lowest BCUT2D eigenvalue weighted by Crippen LogP contribution is -2.42. The number of phenols is 1. The summed E-state index contributed by atoms with van der Waals surface area (Å²) >= 11 is 0. The third-order valence-electron chi connectivity index (χ3n) is 7.73.